The zero-order valence-electron chi connectivity index (χ0n) is 16.3. The molecule has 118 valence electrons. The van der Waals surface area contributed by atoms with Crippen LogP contribution in [0, 0.1) is 34.5 Å². The molecule has 9 atom stereocenters. The van der Waals surface area contributed by atoms with Gasteiger partial charge in [-0.15, -0.1) is 0 Å². The highest BCUT2D eigenvalue weighted by Crippen LogP contribution is 2.65. The third-order valence-electron chi connectivity index (χ3n) is 7.57. The van der Waals surface area contributed by atoms with Crippen LogP contribution in [-0.2, 0) is 4.79 Å². The van der Waals surface area contributed by atoms with Crippen molar-refractivity contribution in [3.8, 4) is 0 Å². The maximum absolute atomic E-state index is 12.5. The van der Waals surface area contributed by atoms with Crippen LogP contribution in [0.2, 0.25) is 0 Å². The molecule has 0 aromatic rings. The molecular weight excluding hydrogens is 260 g/mol. The van der Waals surface area contributed by atoms with Gasteiger partial charge in [-0.2, -0.15) is 0 Å². The minimum atomic E-state index is -1.03. The number of carbonyl (C=O) groups is 1. The zero-order chi connectivity index (χ0) is 17.5. The summed E-state index contributed by atoms with van der Waals surface area (Å²) < 4.78 is 26.6. The molecule has 4 aliphatic carbocycles. The Kier molecular flexibility index (Phi) is 2.44. The third kappa shape index (κ3) is 1.84. The molecule has 4 fully saturated rings. The summed E-state index contributed by atoms with van der Waals surface area (Å²) in [6.07, 6.45) is 3.17. The molecule has 0 aromatic carbocycles. The number of carbonyl (C=O) groups excluding carboxylic acids is 1. The lowest BCUT2D eigenvalue weighted by atomic mass is 9.45. The topological polar surface area (TPSA) is 37.3 Å². The van der Waals surface area contributed by atoms with Crippen LogP contribution in [0.1, 0.15) is 75.7 Å². The molecule has 0 bridgehead atoms. The number of rotatable bonds is 0. The van der Waals surface area contributed by atoms with Crippen molar-refractivity contribution in [1.29, 1.82) is 0 Å². The van der Waals surface area contributed by atoms with Crippen molar-refractivity contribution in [1.82, 2.24) is 0 Å². The van der Waals surface area contributed by atoms with Crippen LogP contribution in [0.5, 0.6) is 0 Å². The lowest BCUT2D eigenvalue weighted by Gasteiger charge is -2.60. The van der Waals surface area contributed by atoms with Gasteiger partial charge in [-0.3, -0.25) is 4.79 Å². The third-order valence-corrected chi connectivity index (χ3v) is 7.57. The lowest BCUT2D eigenvalue weighted by Crippen LogP contribution is -2.54. The monoisotopic (exact) mass is 293 g/mol. The number of aliphatic hydroxyl groups is 1. The Hall–Kier alpha value is -0.370. The van der Waals surface area contributed by atoms with Gasteiger partial charge in [0.25, 0.3) is 0 Å². The maximum Gasteiger partial charge on any atom is 0.139 e. The van der Waals surface area contributed by atoms with Crippen molar-refractivity contribution in [3.63, 3.8) is 0 Å². The normalized spacial score (nSPS) is 69.1. The smallest absolute Gasteiger partial charge is 0.139 e. The van der Waals surface area contributed by atoms with Crippen LogP contribution in [0.3, 0.4) is 0 Å². The molecule has 0 radical (unpaired) electrons. The molecule has 0 amide bonds. The molecule has 0 saturated heterocycles. The lowest BCUT2D eigenvalue weighted by molar-refractivity contribution is -0.142. The van der Waals surface area contributed by atoms with E-state index in [0.717, 1.165) is 25.7 Å². The molecular formula is C19H30O2. The van der Waals surface area contributed by atoms with E-state index >= 15 is 0 Å². The van der Waals surface area contributed by atoms with Gasteiger partial charge in [0, 0.05) is 15.9 Å². The number of ketones is 1. The van der Waals surface area contributed by atoms with E-state index in [0.29, 0.717) is 25.0 Å². The minimum Gasteiger partial charge on any atom is -0.393 e. The standard InChI is InChI=1S/C19H30O2/c1-18-9-7-13(20)11-12(18)3-4-14-15-5-6-17(21)19(15,2)10-8-16(14)18/h12-16,20H,3-11H2,1-2H3/t12-,13-,14-,15-,16-,18-,19-/m0/s1/i3D,4D,12D/t3?,4?,12-,13-,14-,15-,16-,18-,19-. The van der Waals surface area contributed by atoms with Crippen LogP contribution in [0.4, 0.5) is 0 Å². The molecule has 4 rings (SSSR count). The van der Waals surface area contributed by atoms with E-state index in [1.54, 1.807) is 0 Å². The molecule has 0 aromatic heterocycles. The predicted octanol–water partition coefficient (Wildman–Crippen LogP) is 3.96. The van der Waals surface area contributed by atoms with E-state index in [4.69, 9.17) is 4.11 Å². The predicted molar refractivity (Wildman–Crippen MR) is 82.7 cm³/mol. The second kappa shape index (κ2) is 4.57. The number of hydrogen-bond acceptors (Lipinski definition) is 2. The van der Waals surface area contributed by atoms with Crippen molar-refractivity contribution in [2.24, 2.45) is 34.5 Å². The van der Waals surface area contributed by atoms with Crippen LogP contribution < -0.4 is 0 Å². The Bertz CT molecular complexity index is 569. The fourth-order valence-corrected chi connectivity index (χ4v) is 6.10. The van der Waals surface area contributed by atoms with Crippen molar-refractivity contribution in [2.75, 3.05) is 0 Å². The fourth-order valence-electron chi connectivity index (χ4n) is 6.10. The largest absolute Gasteiger partial charge is 0.393 e. The average molecular weight is 293 g/mol. The van der Waals surface area contributed by atoms with Crippen LogP contribution in [0.25, 0.3) is 0 Å². The van der Waals surface area contributed by atoms with Gasteiger partial charge >= 0.3 is 0 Å². The Labute approximate surface area is 132 Å². The SMILES string of the molecule is [2H]C1C([2H])[C@@]2([2H])C[C@@H](O)CC[C@]2(C)[C@H]2CC[C@]3(C)C(=O)CC[C@H]3[C@H]12. The summed E-state index contributed by atoms with van der Waals surface area (Å²) in [6, 6.07) is 0. The molecule has 0 heterocycles. The Morgan fingerprint density at radius 3 is 2.81 bits per heavy atom. The molecule has 1 N–H and O–H groups in total. The van der Waals surface area contributed by atoms with Crippen LogP contribution in [0.15, 0.2) is 0 Å². The molecule has 2 unspecified atom stereocenters. The number of aliphatic hydroxyl groups excluding tert-OH is 1. The summed E-state index contributed by atoms with van der Waals surface area (Å²) in [5.74, 6) is -0.153. The van der Waals surface area contributed by atoms with Gasteiger partial charge in [0.1, 0.15) is 5.78 Å². The maximum atomic E-state index is 12.5. The van der Waals surface area contributed by atoms with E-state index < -0.39 is 24.8 Å². The Morgan fingerprint density at radius 2 is 2.00 bits per heavy atom. The van der Waals surface area contributed by atoms with Gasteiger partial charge < -0.3 is 5.11 Å². The summed E-state index contributed by atoms with van der Waals surface area (Å²) in [4.78, 5) is 12.5. The van der Waals surface area contributed by atoms with Crippen LogP contribution in [-0.4, -0.2) is 17.0 Å². The van der Waals surface area contributed by atoms with E-state index in [1.165, 1.54) is 0 Å². The van der Waals surface area contributed by atoms with E-state index in [9.17, 15) is 9.90 Å². The van der Waals surface area contributed by atoms with E-state index in [2.05, 4.69) is 13.8 Å². The average Bonchev–Trinajstić information content (AvgIpc) is 2.83. The molecule has 2 heteroatoms. The molecule has 4 saturated carbocycles. The summed E-state index contributed by atoms with van der Waals surface area (Å²) in [5, 5.41) is 10.1. The first-order valence-corrected chi connectivity index (χ1v) is 8.71. The van der Waals surface area contributed by atoms with Crippen molar-refractivity contribution >= 4 is 5.78 Å². The molecule has 21 heavy (non-hydrogen) atoms. The van der Waals surface area contributed by atoms with Crippen molar-refractivity contribution in [2.45, 2.75) is 77.7 Å². The number of hydrogen-bond donors (Lipinski definition) is 1. The first-order chi connectivity index (χ1) is 11.1. The first-order valence-electron chi connectivity index (χ1n) is 10.4. The van der Waals surface area contributed by atoms with Gasteiger partial charge in [0.05, 0.1) is 6.10 Å². The fraction of sp³-hybridized carbons (Fsp3) is 0.947. The van der Waals surface area contributed by atoms with Gasteiger partial charge in [-0.25, -0.2) is 0 Å². The second-order valence-electron chi connectivity index (χ2n) is 8.41. The highest BCUT2D eigenvalue weighted by Gasteiger charge is 2.60. The van der Waals surface area contributed by atoms with Crippen molar-refractivity contribution < 1.29 is 14.0 Å². The van der Waals surface area contributed by atoms with Crippen molar-refractivity contribution in [3.05, 3.63) is 0 Å². The Balaban J connectivity index is 1.78. The molecule has 0 spiro atoms. The Morgan fingerprint density at radius 1 is 1.19 bits per heavy atom. The summed E-state index contributed by atoms with van der Waals surface area (Å²) in [7, 11) is 0. The summed E-state index contributed by atoms with van der Waals surface area (Å²) in [6.45, 7) is 4.24. The number of Topliss-reactive ketones (excluding diaryl/α,β-unsaturated/α-hetero) is 1. The van der Waals surface area contributed by atoms with Gasteiger partial charge in [0.2, 0.25) is 0 Å². The van der Waals surface area contributed by atoms with Gasteiger partial charge in [-0.05, 0) is 80.4 Å². The highest BCUT2D eigenvalue weighted by molar-refractivity contribution is 5.87. The van der Waals surface area contributed by atoms with E-state index in [1.807, 2.05) is 0 Å². The molecule has 2 nitrogen and oxygen atoms in total. The minimum absolute atomic E-state index is 0.0661. The van der Waals surface area contributed by atoms with Crippen LogP contribution >= 0.6 is 0 Å². The van der Waals surface area contributed by atoms with E-state index in [-0.39, 0.29) is 28.6 Å². The molecule has 4 aliphatic rings. The summed E-state index contributed by atoms with van der Waals surface area (Å²) >= 11 is 0. The van der Waals surface area contributed by atoms with Gasteiger partial charge in [-0.1, -0.05) is 13.8 Å². The number of fused-ring (bicyclic) bond motifs is 5. The second-order valence-corrected chi connectivity index (χ2v) is 8.41. The quantitative estimate of drug-likeness (QED) is 0.734. The first kappa shape index (κ1) is 11.2. The van der Waals surface area contributed by atoms with Gasteiger partial charge in [0.15, 0.2) is 0 Å². The highest BCUT2D eigenvalue weighted by atomic mass is 16.3. The molecule has 0 aliphatic heterocycles. The zero-order valence-corrected chi connectivity index (χ0v) is 13.3. The summed E-state index contributed by atoms with van der Waals surface area (Å²) in [5.41, 5.74) is -0.611.